The third-order valence-electron chi connectivity index (χ3n) is 7.25. The average Bonchev–Trinajstić information content (AvgIpc) is 3.10. The zero-order valence-electron chi connectivity index (χ0n) is 19.5. The summed E-state index contributed by atoms with van der Waals surface area (Å²) in [5, 5.41) is 0.844. The van der Waals surface area contributed by atoms with E-state index in [1.807, 2.05) is 51.1 Å². The summed E-state index contributed by atoms with van der Waals surface area (Å²) in [7, 11) is -3.51. The Morgan fingerprint density at radius 3 is 2.06 bits per heavy atom. The summed E-state index contributed by atoms with van der Waals surface area (Å²) < 4.78 is 27.8. The van der Waals surface area contributed by atoms with Crippen molar-refractivity contribution in [3.05, 3.63) is 60.2 Å². The molecule has 0 aliphatic heterocycles. The summed E-state index contributed by atoms with van der Waals surface area (Å²) in [4.78, 5) is 27.0. The minimum atomic E-state index is -3.51. The summed E-state index contributed by atoms with van der Waals surface area (Å²) in [6.07, 6.45) is 1.67. The Hall–Kier alpha value is -1.75. The summed E-state index contributed by atoms with van der Waals surface area (Å²) in [6.45, 7) is 5.88. The first-order chi connectivity index (χ1) is 15.5. The van der Waals surface area contributed by atoms with Crippen molar-refractivity contribution < 1.29 is 18.0 Å². The fourth-order valence-electron chi connectivity index (χ4n) is 5.43. The Morgan fingerprint density at radius 1 is 0.879 bits per heavy atom. The fourth-order valence-corrected chi connectivity index (χ4v) is 9.53. The molecule has 0 heterocycles. The molecule has 2 atom stereocenters. The van der Waals surface area contributed by atoms with Crippen molar-refractivity contribution in [3.8, 4) is 0 Å². The van der Waals surface area contributed by atoms with Crippen LogP contribution in [0.3, 0.4) is 0 Å². The number of rotatable bonds is 6. The van der Waals surface area contributed by atoms with E-state index in [-0.39, 0.29) is 49.5 Å². The standard InChI is InChI=1S/C27H32O4SSe/c1-19-9-11-22(12-10-19)32(30,31)17-20-13-27(24(28)15-26(2,3)16-25(27)29)14-21(20)18-33-23-7-5-4-6-8-23/h4-12,20-21H,13-18H2,1-3H3. The van der Waals surface area contributed by atoms with Crippen molar-refractivity contribution in [2.75, 3.05) is 5.75 Å². The van der Waals surface area contributed by atoms with Crippen LogP contribution >= 0.6 is 0 Å². The summed E-state index contributed by atoms with van der Waals surface area (Å²) in [5.41, 5.74) is -0.284. The van der Waals surface area contributed by atoms with E-state index >= 15 is 0 Å². The van der Waals surface area contributed by atoms with Gasteiger partial charge in [0.25, 0.3) is 0 Å². The zero-order chi connectivity index (χ0) is 23.9. The van der Waals surface area contributed by atoms with Gasteiger partial charge < -0.3 is 0 Å². The van der Waals surface area contributed by atoms with Crippen LogP contribution in [0.4, 0.5) is 0 Å². The van der Waals surface area contributed by atoms with Gasteiger partial charge in [-0.1, -0.05) is 0 Å². The normalized spacial score (nSPS) is 24.3. The molecule has 6 heteroatoms. The SMILES string of the molecule is Cc1ccc(S(=O)(=O)CC2CC3(CC2C[Se]c2ccccc2)C(=O)CC(C)(C)CC3=O)cc1. The second-order valence-electron chi connectivity index (χ2n) is 10.6. The van der Waals surface area contributed by atoms with Gasteiger partial charge in [-0.3, -0.25) is 0 Å². The predicted octanol–water partition coefficient (Wildman–Crippen LogP) is 4.19. The number of hydrogen-bond donors (Lipinski definition) is 0. The molecule has 4 rings (SSSR count). The van der Waals surface area contributed by atoms with Crippen LogP contribution in [0.2, 0.25) is 5.32 Å². The number of ketones is 2. The number of carbonyl (C=O) groups excluding carboxylic acids is 2. The molecule has 176 valence electrons. The molecule has 2 aliphatic rings. The number of hydrogen-bond acceptors (Lipinski definition) is 4. The quantitative estimate of drug-likeness (QED) is 0.414. The van der Waals surface area contributed by atoms with E-state index in [1.54, 1.807) is 12.1 Å². The van der Waals surface area contributed by atoms with Gasteiger partial charge in [0.05, 0.1) is 0 Å². The molecule has 2 fully saturated rings. The molecule has 0 bridgehead atoms. The van der Waals surface area contributed by atoms with Gasteiger partial charge in [-0.15, -0.1) is 0 Å². The molecular formula is C27H32O4SSe. The van der Waals surface area contributed by atoms with E-state index in [0.717, 1.165) is 10.9 Å². The maximum atomic E-state index is 13.3. The van der Waals surface area contributed by atoms with Crippen molar-refractivity contribution in [3.63, 3.8) is 0 Å². The summed E-state index contributed by atoms with van der Waals surface area (Å²) >= 11 is 0.170. The van der Waals surface area contributed by atoms with Crippen molar-refractivity contribution in [1.29, 1.82) is 0 Å². The van der Waals surface area contributed by atoms with Gasteiger partial charge in [0.2, 0.25) is 0 Å². The second kappa shape index (κ2) is 9.13. The average molecular weight is 532 g/mol. The maximum absolute atomic E-state index is 13.3. The number of carbonyl (C=O) groups is 2. The molecule has 2 aromatic carbocycles. The molecule has 2 saturated carbocycles. The van der Waals surface area contributed by atoms with E-state index in [4.69, 9.17) is 0 Å². The molecule has 0 radical (unpaired) electrons. The molecule has 4 nitrogen and oxygen atoms in total. The van der Waals surface area contributed by atoms with Gasteiger partial charge in [-0.2, -0.15) is 0 Å². The van der Waals surface area contributed by atoms with E-state index in [0.29, 0.717) is 30.6 Å². The second-order valence-corrected chi connectivity index (χ2v) is 14.9. The number of benzene rings is 2. The molecule has 0 aromatic heterocycles. The van der Waals surface area contributed by atoms with Crippen molar-refractivity contribution in [2.45, 2.75) is 56.7 Å². The van der Waals surface area contributed by atoms with Crippen molar-refractivity contribution in [2.24, 2.45) is 22.7 Å². The van der Waals surface area contributed by atoms with E-state index in [2.05, 4.69) is 12.1 Å². The Morgan fingerprint density at radius 2 is 1.45 bits per heavy atom. The topological polar surface area (TPSA) is 68.3 Å². The first-order valence-corrected chi connectivity index (χ1v) is 15.3. The first-order valence-electron chi connectivity index (χ1n) is 11.5. The molecule has 2 aromatic rings. The van der Waals surface area contributed by atoms with Gasteiger partial charge in [0, 0.05) is 0 Å². The van der Waals surface area contributed by atoms with E-state index in [9.17, 15) is 18.0 Å². The molecule has 33 heavy (non-hydrogen) atoms. The molecule has 2 aliphatic carbocycles. The molecule has 2 unspecified atom stereocenters. The van der Waals surface area contributed by atoms with Gasteiger partial charge >= 0.3 is 204 Å². The van der Waals surface area contributed by atoms with Crippen molar-refractivity contribution >= 4 is 40.8 Å². The predicted molar refractivity (Wildman–Crippen MR) is 132 cm³/mol. The Kier molecular flexibility index (Phi) is 6.74. The van der Waals surface area contributed by atoms with Crippen molar-refractivity contribution in [1.82, 2.24) is 0 Å². The molecule has 0 amide bonds. The molecular weight excluding hydrogens is 499 g/mol. The monoisotopic (exact) mass is 532 g/mol. The van der Waals surface area contributed by atoms with Crippen LogP contribution in [0.25, 0.3) is 0 Å². The first kappa shape index (κ1) is 24.4. The third kappa shape index (κ3) is 5.18. The van der Waals surface area contributed by atoms with Gasteiger partial charge in [-0.05, 0) is 0 Å². The van der Waals surface area contributed by atoms with Crippen LogP contribution < -0.4 is 4.46 Å². The fraction of sp³-hybridized carbons (Fsp3) is 0.481. The number of Topliss-reactive ketones (excluding diaryl/α,β-unsaturated/α-hetero) is 2. The Bertz CT molecular complexity index is 1120. The van der Waals surface area contributed by atoms with Crippen LogP contribution in [-0.2, 0) is 19.4 Å². The summed E-state index contributed by atoms with van der Waals surface area (Å²) in [5.74, 6) is -0.0833. The third-order valence-corrected chi connectivity index (χ3v) is 11.6. The molecule has 0 saturated heterocycles. The van der Waals surface area contributed by atoms with Crippen LogP contribution in [0.15, 0.2) is 59.5 Å². The molecule has 0 N–H and O–H groups in total. The molecule has 1 spiro atoms. The van der Waals surface area contributed by atoms with Crippen LogP contribution in [0.5, 0.6) is 0 Å². The van der Waals surface area contributed by atoms with Crippen LogP contribution in [-0.4, -0.2) is 40.7 Å². The Labute approximate surface area is 203 Å². The van der Waals surface area contributed by atoms with Gasteiger partial charge in [0.15, 0.2) is 0 Å². The number of aryl methyl sites for hydroxylation is 1. The van der Waals surface area contributed by atoms with Crippen LogP contribution in [0, 0.1) is 29.6 Å². The van der Waals surface area contributed by atoms with E-state index < -0.39 is 15.3 Å². The van der Waals surface area contributed by atoms with Gasteiger partial charge in [0.1, 0.15) is 0 Å². The van der Waals surface area contributed by atoms with Crippen LogP contribution in [0.1, 0.15) is 45.1 Å². The van der Waals surface area contributed by atoms with Gasteiger partial charge in [-0.25, -0.2) is 0 Å². The Balaban J connectivity index is 1.61. The minimum absolute atomic E-state index is 0.00268. The van der Waals surface area contributed by atoms with E-state index in [1.165, 1.54) is 4.46 Å². The zero-order valence-corrected chi connectivity index (χ0v) is 22.1. The summed E-state index contributed by atoms with van der Waals surface area (Å²) in [6, 6.07) is 17.2. The number of sulfone groups is 1.